The van der Waals surface area contributed by atoms with Gasteiger partial charge in [-0.1, -0.05) is 6.42 Å². The Hall–Kier alpha value is -1.29. The molecular weight excluding hydrogens is 255 g/mol. The Morgan fingerprint density at radius 2 is 2.05 bits per heavy atom. The lowest BCUT2D eigenvalue weighted by atomic mass is 9.84. The number of ether oxygens (including phenoxy) is 1. The minimum atomic E-state index is -0.360. The Labute approximate surface area is 119 Å². The van der Waals surface area contributed by atoms with Gasteiger partial charge in [0.15, 0.2) is 11.6 Å². The summed E-state index contributed by atoms with van der Waals surface area (Å²) in [4.78, 5) is 2.60. The molecule has 2 N–H and O–H groups in total. The molecule has 2 aliphatic rings. The number of nitrogens with zero attached hydrogens (tertiary/aromatic N) is 1. The van der Waals surface area contributed by atoms with Crippen LogP contribution in [-0.4, -0.2) is 30.6 Å². The average molecular weight is 278 g/mol. The molecule has 0 radical (unpaired) electrons. The zero-order chi connectivity index (χ0) is 13.9. The number of fused-ring (bicyclic) bond motifs is 1. The fourth-order valence-electron chi connectivity index (χ4n) is 3.60. The topological polar surface area (TPSA) is 38.5 Å². The van der Waals surface area contributed by atoms with E-state index in [2.05, 4.69) is 4.90 Å². The zero-order valence-corrected chi connectivity index (χ0v) is 11.9. The Morgan fingerprint density at radius 1 is 1.20 bits per heavy atom. The van der Waals surface area contributed by atoms with Crippen molar-refractivity contribution in [3.63, 3.8) is 0 Å². The van der Waals surface area contributed by atoms with Gasteiger partial charge in [0.05, 0.1) is 6.61 Å². The van der Waals surface area contributed by atoms with Crippen molar-refractivity contribution in [1.29, 1.82) is 0 Å². The molecule has 0 aliphatic carbocycles. The van der Waals surface area contributed by atoms with Crippen molar-refractivity contribution in [2.24, 2.45) is 5.92 Å². The summed E-state index contributed by atoms with van der Waals surface area (Å²) in [5, 5.41) is 0. The van der Waals surface area contributed by atoms with Crippen LogP contribution >= 0.6 is 0 Å². The normalized spacial score (nSPS) is 27.1. The highest BCUT2D eigenvalue weighted by molar-refractivity contribution is 5.42. The molecule has 2 heterocycles. The van der Waals surface area contributed by atoms with Crippen LogP contribution in [0.5, 0.6) is 5.75 Å². The number of piperidine rings is 2. The molecule has 4 heteroatoms. The number of benzene rings is 1. The maximum Gasteiger partial charge on any atom is 0.167 e. The number of nitrogen functional groups attached to an aromatic ring is 1. The summed E-state index contributed by atoms with van der Waals surface area (Å²) in [6, 6.07) is 5.27. The summed E-state index contributed by atoms with van der Waals surface area (Å²) >= 11 is 0. The monoisotopic (exact) mass is 278 g/mol. The maximum atomic E-state index is 13.7. The van der Waals surface area contributed by atoms with Crippen molar-refractivity contribution < 1.29 is 9.13 Å². The number of halogens is 1. The Bertz CT molecular complexity index is 464. The first-order valence-corrected chi connectivity index (χ1v) is 7.66. The summed E-state index contributed by atoms with van der Waals surface area (Å²) < 4.78 is 19.4. The quantitative estimate of drug-likeness (QED) is 0.864. The first-order valence-electron chi connectivity index (χ1n) is 7.66. The van der Waals surface area contributed by atoms with E-state index in [0.717, 1.165) is 0 Å². The molecule has 0 amide bonds. The third-order valence-corrected chi connectivity index (χ3v) is 4.64. The second-order valence-electron chi connectivity index (χ2n) is 6.00. The molecule has 2 unspecified atom stereocenters. The van der Waals surface area contributed by atoms with E-state index in [4.69, 9.17) is 10.5 Å². The molecule has 0 bridgehead atoms. The standard InChI is InChI=1S/C16H23FN2O/c17-14-10-13(18)6-7-16(14)20-11-12-4-3-9-19-8-2-1-5-15(12)19/h6-7,10,12,15H,1-5,8-9,11,18H2. The molecule has 1 aromatic carbocycles. The van der Waals surface area contributed by atoms with Gasteiger partial charge in [-0.2, -0.15) is 0 Å². The van der Waals surface area contributed by atoms with E-state index in [0.29, 0.717) is 30.0 Å². The lowest BCUT2D eigenvalue weighted by Gasteiger charge is -2.44. The molecule has 1 aromatic rings. The van der Waals surface area contributed by atoms with E-state index < -0.39 is 0 Å². The molecular formula is C16H23FN2O. The molecule has 20 heavy (non-hydrogen) atoms. The van der Waals surface area contributed by atoms with Gasteiger partial charge in [-0.05, 0) is 50.9 Å². The maximum absolute atomic E-state index is 13.7. The van der Waals surface area contributed by atoms with Crippen molar-refractivity contribution >= 4 is 5.69 Å². The lowest BCUT2D eigenvalue weighted by Crippen LogP contribution is -2.49. The van der Waals surface area contributed by atoms with Crippen LogP contribution in [0.15, 0.2) is 18.2 Å². The number of anilines is 1. The second kappa shape index (κ2) is 6.00. The third-order valence-electron chi connectivity index (χ3n) is 4.64. The molecule has 0 aromatic heterocycles. The van der Waals surface area contributed by atoms with Crippen LogP contribution in [0.3, 0.4) is 0 Å². The molecule has 110 valence electrons. The molecule has 3 nitrogen and oxygen atoms in total. The minimum Gasteiger partial charge on any atom is -0.490 e. The van der Waals surface area contributed by atoms with E-state index in [1.807, 2.05) is 0 Å². The highest BCUT2D eigenvalue weighted by atomic mass is 19.1. The molecule has 2 fully saturated rings. The second-order valence-corrected chi connectivity index (χ2v) is 6.00. The third kappa shape index (κ3) is 2.90. The van der Waals surface area contributed by atoms with Crippen molar-refractivity contribution in [2.45, 2.75) is 38.1 Å². The molecule has 2 saturated heterocycles. The number of hydrogen-bond acceptors (Lipinski definition) is 3. The van der Waals surface area contributed by atoms with Gasteiger partial charge in [-0.25, -0.2) is 4.39 Å². The number of hydrogen-bond donors (Lipinski definition) is 1. The van der Waals surface area contributed by atoms with Gasteiger partial charge in [0.1, 0.15) is 0 Å². The van der Waals surface area contributed by atoms with Crippen molar-refractivity contribution in [3.8, 4) is 5.75 Å². The first kappa shape index (κ1) is 13.7. The SMILES string of the molecule is Nc1ccc(OCC2CCCN3CCCCC23)c(F)c1. The number of rotatable bonds is 3. The van der Waals surface area contributed by atoms with Gasteiger partial charge in [-0.15, -0.1) is 0 Å². The smallest absolute Gasteiger partial charge is 0.167 e. The summed E-state index contributed by atoms with van der Waals surface area (Å²) in [6.07, 6.45) is 6.31. The predicted octanol–water partition coefficient (Wildman–Crippen LogP) is 3.05. The van der Waals surface area contributed by atoms with Crippen LogP contribution in [0, 0.1) is 11.7 Å². The van der Waals surface area contributed by atoms with Gasteiger partial charge in [0.25, 0.3) is 0 Å². The summed E-state index contributed by atoms with van der Waals surface area (Å²) in [6.45, 7) is 3.05. The van der Waals surface area contributed by atoms with E-state index >= 15 is 0 Å². The zero-order valence-electron chi connectivity index (χ0n) is 11.9. The highest BCUT2D eigenvalue weighted by Crippen LogP contribution is 2.31. The van der Waals surface area contributed by atoms with Crippen molar-refractivity contribution in [1.82, 2.24) is 4.90 Å². The van der Waals surface area contributed by atoms with Gasteiger partial charge in [0.2, 0.25) is 0 Å². The fourth-order valence-corrected chi connectivity index (χ4v) is 3.60. The Balaban J connectivity index is 1.62. The van der Waals surface area contributed by atoms with Crippen molar-refractivity contribution in [3.05, 3.63) is 24.0 Å². The van der Waals surface area contributed by atoms with Crippen molar-refractivity contribution in [2.75, 3.05) is 25.4 Å². The van der Waals surface area contributed by atoms with Crippen LogP contribution in [0.4, 0.5) is 10.1 Å². The lowest BCUT2D eigenvalue weighted by molar-refractivity contribution is 0.0358. The Morgan fingerprint density at radius 3 is 2.90 bits per heavy atom. The van der Waals surface area contributed by atoms with Crippen LogP contribution in [0.25, 0.3) is 0 Å². The van der Waals surface area contributed by atoms with E-state index in [-0.39, 0.29) is 5.82 Å². The molecule has 2 atom stereocenters. The highest BCUT2D eigenvalue weighted by Gasteiger charge is 2.33. The average Bonchev–Trinajstić information content (AvgIpc) is 2.46. The van der Waals surface area contributed by atoms with Crippen LogP contribution in [0.2, 0.25) is 0 Å². The summed E-state index contributed by atoms with van der Waals surface area (Å²) in [5.74, 6) is 0.495. The summed E-state index contributed by atoms with van der Waals surface area (Å²) in [5.41, 5.74) is 5.99. The van der Waals surface area contributed by atoms with Crippen LogP contribution in [-0.2, 0) is 0 Å². The minimum absolute atomic E-state index is 0.326. The fraction of sp³-hybridized carbons (Fsp3) is 0.625. The van der Waals surface area contributed by atoms with Crippen LogP contribution in [0.1, 0.15) is 32.1 Å². The predicted molar refractivity (Wildman–Crippen MR) is 78.2 cm³/mol. The molecule has 0 spiro atoms. The van der Waals surface area contributed by atoms with Gasteiger partial charge in [-0.3, -0.25) is 4.90 Å². The van der Waals surface area contributed by atoms with Crippen LogP contribution < -0.4 is 10.5 Å². The van der Waals surface area contributed by atoms with Gasteiger partial charge in [0, 0.05) is 23.7 Å². The first-order chi connectivity index (χ1) is 9.74. The number of nitrogens with two attached hydrogens (primary N) is 1. The summed E-state index contributed by atoms with van der Waals surface area (Å²) in [7, 11) is 0. The van der Waals surface area contributed by atoms with E-state index in [1.165, 1.54) is 51.3 Å². The molecule has 0 saturated carbocycles. The van der Waals surface area contributed by atoms with E-state index in [9.17, 15) is 4.39 Å². The van der Waals surface area contributed by atoms with Gasteiger partial charge >= 0.3 is 0 Å². The molecule has 2 aliphatic heterocycles. The molecule has 3 rings (SSSR count). The largest absolute Gasteiger partial charge is 0.490 e. The Kier molecular flexibility index (Phi) is 4.10. The van der Waals surface area contributed by atoms with E-state index in [1.54, 1.807) is 12.1 Å². The van der Waals surface area contributed by atoms with Gasteiger partial charge < -0.3 is 10.5 Å².